The first-order valence-corrected chi connectivity index (χ1v) is 7.37. The second-order valence-corrected chi connectivity index (χ2v) is 5.43. The smallest absolute Gasteiger partial charge is 0.260 e. The van der Waals surface area contributed by atoms with Crippen molar-refractivity contribution in [3.05, 3.63) is 29.3 Å². The SMILES string of the molecule is O=C(COc1cccc(Cl)c1)N(CCCO)C1CCC1. The lowest BCUT2D eigenvalue weighted by Crippen LogP contribution is -2.46. The fourth-order valence-electron chi connectivity index (χ4n) is 2.24. The van der Waals surface area contributed by atoms with Gasteiger partial charge >= 0.3 is 0 Å². The topological polar surface area (TPSA) is 49.8 Å². The summed E-state index contributed by atoms with van der Waals surface area (Å²) in [6, 6.07) is 7.34. The first-order valence-electron chi connectivity index (χ1n) is 6.99. The van der Waals surface area contributed by atoms with E-state index in [0.717, 1.165) is 12.8 Å². The summed E-state index contributed by atoms with van der Waals surface area (Å²) < 4.78 is 5.49. The number of carbonyl (C=O) groups excluding carboxylic acids is 1. The Labute approximate surface area is 124 Å². The molecule has 0 spiro atoms. The van der Waals surface area contributed by atoms with E-state index in [9.17, 15) is 4.79 Å². The van der Waals surface area contributed by atoms with E-state index in [-0.39, 0.29) is 19.1 Å². The molecule has 1 saturated carbocycles. The Hall–Kier alpha value is -1.26. The largest absolute Gasteiger partial charge is 0.484 e. The van der Waals surface area contributed by atoms with Crippen molar-refractivity contribution in [1.82, 2.24) is 4.90 Å². The molecule has 1 aromatic rings. The minimum absolute atomic E-state index is 0.0161. The summed E-state index contributed by atoms with van der Waals surface area (Å²) in [7, 11) is 0. The van der Waals surface area contributed by atoms with Crippen molar-refractivity contribution >= 4 is 17.5 Å². The molecule has 0 bridgehead atoms. The van der Waals surface area contributed by atoms with Gasteiger partial charge in [-0.3, -0.25) is 4.79 Å². The van der Waals surface area contributed by atoms with Crippen molar-refractivity contribution in [2.75, 3.05) is 19.8 Å². The molecule has 4 nitrogen and oxygen atoms in total. The lowest BCUT2D eigenvalue weighted by Gasteiger charge is -2.37. The first-order chi connectivity index (χ1) is 9.70. The van der Waals surface area contributed by atoms with E-state index in [1.54, 1.807) is 24.3 Å². The van der Waals surface area contributed by atoms with E-state index in [0.29, 0.717) is 29.8 Å². The fourth-order valence-corrected chi connectivity index (χ4v) is 2.42. The summed E-state index contributed by atoms with van der Waals surface area (Å²) in [6.07, 6.45) is 3.88. The molecule has 20 heavy (non-hydrogen) atoms. The maximum Gasteiger partial charge on any atom is 0.260 e. The third kappa shape index (κ3) is 4.12. The number of aliphatic hydroxyl groups is 1. The average molecular weight is 298 g/mol. The molecule has 5 heteroatoms. The molecule has 0 heterocycles. The molecule has 0 unspecified atom stereocenters. The van der Waals surface area contributed by atoms with Crippen LogP contribution in [-0.4, -0.2) is 41.7 Å². The summed E-state index contributed by atoms with van der Waals surface area (Å²) in [5.41, 5.74) is 0. The van der Waals surface area contributed by atoms with Gasteiger partial charge in [-0.25, -0.2) is 0 Å². The number of ether oxygens (including phenoxy) is 1. The zero-order valence-electron chi connectivity index (χ0n) is 11.4. The zero-order valence-corrected chi connectivity index (χ0v) is 12.2. The number of aliphatic hydroxyl groups excluding tert-OH is 1. The Morgan fingerprint density at radius 1 is 1.45 bits per heavy atom. The average Bonchev–Trinajstić information content (AvgIpc) is 2.38. The molecule has 1 amide bonds. The van der Waals surface area contributed by atoms with Crippen molar-refractivity contribution in [3.63, 3.8) is 0 Å². The van der Waals surface area contributed by atoms with E-state index in [4.69, 9.17) is 21.4 Å². The van der Waals surface area contributed by atoms with Gasteiger partial charge in [-0.15, -0.1) is 0 Å². The third-order valence-electron chi connectivity index (χ3n) is 3.55. The van der Waals surface area contributed by atoms with Crippen molar-refractivity contribution in [1.29, 1.82) is 0 Å². The van der Waals surface area contributed by atoms with Gasteiger partial charge < -0.3 is 14.7 Å². The third-order valence-corrected chi connectivity index (χ3v) is 3.79. The number of hydrogen-bond donors (Lipinski definition) is 1. The molecular weight excluding hydrogens is 278 g/mol. The predicted molar refractivity (Wildman–Crippen MR) is 78.0 cm³/mol. The van der Waals surface area contributed by atoms with E-state index < -0.39 is 0 Å². The van der Waals surface area contributed by atoms with Crippen LogP contribution < -0.4 is 4.74 Å². The van der Waals surface area contributed by atoms with Crippen LogP contribution >= 0.6 is 11.6 Å². The van der Waals surface area contributed by atoms with Crippen molar-refractivity contribution in [3.8, 4) is 5.75 Å². The van der Waals surface area contributed by atoms with E-state index in [2.05, 4.69) is 0 Å². The van der Waals surface area contributed by atoms with Gasteiger partial charge in [-0.2, -0.15) is 0 Å². The molecule has 0 atom stereocenters. The fraction of sp³-hybridized carbons (Fsp3) is 0.533. The molecule has 0 aromatic heterocycles. The summed E-state index contributed by atoms with van der Waals surface area (Å²) in [6.45, 7) is 0.715. The van der Waals surface area contributed by atoms with Crippen LogP contribution in [0, 0.1) is 0 Å². The van der Waals surface area contributed by atoms with Crippen LogP contribution in [0.5, 0.6) is 5.75 Å². The Morgan fingerprint density at radius 3 is 2.85 bits per heavy atom. The molecule has 1 aromatic carbocycles. The lowest BCUT2D eigenvalue weighted by molar-refractivity contribution is -0.137. The van der Waals surface area contributed by atoms with Gasteiger partial charge in [-0.05, 0) is 43.9 Å². The standard InChI is InChI=1S/C15H20ClNO3/c16-12-4-1-7-14(10-12)20-11-15(19)17(8-3-9-18)13-5-2-6-13/h1,4,7,10,13,18H,2-3,5-6,8-9,11H2. The van der Waals surface area contributed by atoms with Crippen LogP contribution in [-0.2, 0) is 4.79 Å². The maximum absolute atomic E-state index is 12.2. The van der Waals surface area contributed by atoms with Gasteiger partial charge in [0.2, 0.25) is 0 Å². The molecular formula is C15H20ClNO3. The van der Waals surface area contributed by atoms with Crippen molar-refractivity contribution in [2.45, 2.75) is 31.7 Å². The van der Waals surface area contributed by atoms with Gasteiger partial charge in [0.05, 0.1) is 0 Å². The second-order valence-electron chi connectivity index (χ2n) is 5.00. The number of carbonyl (C=O) groups is 1. The number of benzene rings is 1. The normalized spacial score (nSPS) is 14.7. The molecule has 1 N–H and O–H groups in total. The summed E-state index contributed by atoms with van der Waals surface area (Å²) in [4.78, 5) is 14.1. The van der Waals surface area contributed by atoms with E-state index in [1.807, 2.05) is 4.90 Å². The van der Waals surface area contributed by atoms with Crippen molar-refractivity contribution in [2.24, 2.45) is 0 Å². The van der Waals surface area contributed by atoms with Crippen LogP contribution in [0.4, 0.5) is 0 Å². The van der Waals surface area contributed by atoms with Gasteiger partial charge in [-0.1, -0.05) is 17.7 Å². The zero-order chi connectivity index (χ0) is 14.4. The van der Waals surface area contributed by atoms with E-state index >= 15 is 0 Å². The highest BCUT2D eigenvalue weighted by Gasteiger charge is 2.28. The lowest BCUT2D eigenvalue weighted by atomic mass is 9.91. The molecule has 0 aliphatic heterocycles. The van der Waals surface area contributed by atoms with Gasteiger partial charge in [0.1, 0.15) is 5.75 Å². The molecule has 110 valence electrons. The first kappa shape index (κ1) is 15.1. The highest BCUT2D eigenvalue weighted by atomic mass is 35.5. The van der Waals surface area contributed by atoms with Gasteiger partial charge in [0, 0.05) is 24.2 Å². The van der Waals surface area contributed by atoms with Crippen LogP contribution in [0.2, 0.25) is 5.02 Å². The number of nitrogens with zero attached hydrogens (tertiary/aromatic N) is 1. The predicted octanol–water partition coefficient (Wildman–Crippen LogP) is 2.48. The number of rotatable bonds is 7. The van der Waals surface area contributed by atoms with Gasteiger partial charge in [0.25, 0.3) is 5.91 Å². The van der Waals surface area contributed by atoms with Crippen LogP contribution in [0.15, 0.2) is 24.3 Å². The number of hydrogen-bond acceptors (Lipinski definition) is 3. The number of halogens is 1. The summed E-state index contributed by atoms with van der Waals surface area (Å²) in [5, 5.41) is 9.51. The quantitative estimate of drug-likeness (QED) is 0.841. The maximum atomic E-state index is 12.2. The number of amides is 1. The Bertz CT molecular complexity index is 448. The molecule has 1 fully saturated rings. The molecule has 1 aliphatic rings. The highest BCUT2D eigenvalue weighted by molar-refractivity contribution is 6.30. The van der Waals surface area contributed by atoms with Crippen molar-refractivity contribution < 1.29 is 14.6 Å². The van der Waals surface area contributed by atoms with E-state index in [1.165, 1.54) is 6.42 Å². The van der Waals surface area contributed by atoms with Crippen LogP contribution in [0.25, 0.3) is 0 Å². The Balaban J connectivity index is 1.87. The summed E-state index contributed by atoms with van der Waals surface area (Å²) >= 11 is 5.87. The molecule has 0 saturated heterocycles. The minimum atomic E-state index is -0.0249. The second kappa shape index (κ2) is 7.50. The van der Waals surface area contributed by atoms with Crippen LogP contribution in [0.1, 0.15) is 25.7 Å². The Kier molecular flexibility index (Phi) is 5.68. The monoisotopic (exact) mass is 297 g/mol. The van der Waals surface area contributed by atoms with Gasteiger partial charge in [0.15, 0.2) is 6.61 Å². The minimum Gasteiger partial charge on any atom is -0.484 e. The molecule has 2 rings (SSSR count). The molecule has 1 aliphatic carbocycles. The van der Waals surface area contributed by atoms with Crippen LogP contribution in [0.3, 0.4) is 0 Å². The highest BCUT2D eigenvalue weighted by Crippen LogP contribution is 2.25. The summed E-state index contributed by atoms with van der Waals surface area (Å²) in [5.74, 6) is 0.574. The molecule has 0 radical (unpaired) electrons. The Morgan fingerprint density at radius 2 is 2.25 bits per heavy atom.